The van der Waals surface area contributed by atoms with Crippen molar-refractivity contribution in [3.63, 3.8) is 0 Å². The van der Waals surface area contributed by atoms with Crippen LogP contribution >= 0.6 is 0 Å². The van der Waals surface area contributed by atoms with Crippen LogP contribution in [0, 0.1) is 11.8 Å². The van der Waals surface area contributed by atoms with E-state index in [4.69, 9.17) is 0 Å². The minimum Gasteiger partial charge on any atom is -0.291 e. The second kappa shape index (κ2) is 3.16. The van der Waals surface area contributed by atoms with E-state index in [0.717, 1.165) is 19.3 Å². The number of hydrogen-bond donors (Lipinski definition) is 0. The number of ketones is 2. The smallest absolute Gasteiger partial charge is 0.201 e. The van der Waals surface area contributed by atoms with Crippen molar-refractivity contribution in [3.8, 4) is 0 Å². The van der Waals surface area contributed by atoms with E-state index < -0.39 is 0 Å². The standard InChI is InChI=1S/C9H14O2/c1-3-6-5-7(4-2)9(11)8(6)10/h6-7H,3-5H2,1-2H3. The Bertz CT molecular complexity index is 164. The second-order valence-corrected chi connectivity index (χ2v) is 3.17. The van der Waals surface area contributed by atoms with Crippen LogP contribution in [0.4, 0.5) is 0 Å². The first-order valence-electron chi connectivity index (χ1n) is 4.28. The van der Waals surface area contributed by atoms with Crippen molar-refractivity contribution >= 4 is 11.6 Å². The van der Waals surface area contributed by atoms with E-state index in [1.54, 1.807) is 0 Å². The van der Waals surface area contributed by atoms with Crippen LogP contribution in [0.1, 0.15) is 33.1 Å². The highest BCUT2D eigenvalue weighted by atomic mass is 16.2. The minimum absolute atomic E-state index is 0.0347. The fourth-order valence-electron chi connectivity index (χ4n) is 1.66. The average molecular weight is 154 g/mol. The molecule has 1 aliphatic rings. The lowest BCUT2D eigenvalue weighted by Crippen LogP contribution is -2.15. The van der Waals surface area contributed by atoms with Gasteiger partial charge in [0.05, 0.1) is 0 Å². The number of rotatable bonds is 2. The highest BCUT2D eigenvalue weighted by molar-refractivity contribution is 6.40. The summed E-state index contributed by atoms with van der Waals surface area (Å²) in [5.74, 6) is -0.182. The van der Waals surface area contributed by atoms with Crippen LogP contribution in [-0.4, -0.2) is 11.6 Å². The first-order chi connectivity index (χ1) is 5.20. The van der Waals surface area contributed by atoms with Gasteiger partial charge in [-0.3, -0.25) is 9.59 Å². The van der Waals surface area contributed by atoms with Gasteiger partial charge in [0.1, 0.15) is 0 Å². The molecule has 2 unspecified atom stereocenters. The third kappa shape index (κ3) is 1.35. The number of carbonyl (C=O) groups excluding carboxylic acids is 2. The molecule has 0 saturated heterocycles. The van der Waals surface area contributed by atoms with Crippen LogP contribution < -0.4 is 0 Å². The van der Waals surface area contributed by atoms with E-state index in [1.807, 2.05) is 13.8 Å². The summed E-state index contributed by atoms with van der Waals surface area (Å²) < 4.78 is 0. The third-order valence-corrected chi connectivity index (χ3v) is 2.54. The summed E-state index contributed by atoms with van der Waals surface area (Å²) in [6.45, 7) is 3.93. The molecule has 2 nitrogen and oxygen atoms in total. The van der Waals surface area contributed by atoms with Crippen LogP contribution in [0.25, 0.3) is 0 Å². The number of hydrogen-bond acceptors (Lipinski definition) is 2. The Labute approximate surface area is 67.0 Å². The van der Waals surface area contributed by atoms with Crippen molar-refractivity contribution in [3.05, 3.63) is 0 Å². The molecule has 0 heterocycles. The van der Waals surface area contributed by atoms with E-state index in [1.165, 1.54) is 0 Å². The molecule has 1 aliphatic carbocycles. The molecule has 0 spiro atoms. The summed E-state index contributed by atoms with van der Waals surface area (Å²) in [5, 5.41) is 0. The maximum atomic E-state index is 11.2. The van der Waals surface area contributed by atoms with Gasteiger partial charge in [0.15, 0.2) is 0 Å². The summed E-state index contributed by atoms with van der Waals surface area (Å²) in [5.41, 5.74) is 0. The number of Topliss-reactive ketones (excluding diaryl/α,β-unsaturated/α-hetero) is 2. The van der Waals surface area contributed by atoms with Gasteiger partial charge in [-0.1, -0.05) is 13.8 Å². The zero-order valence-corrected chi connectivity index (χ0v) is 7.09. The van der Waals surface area contributed by atoms with Crippen molar-refractivity contribution in [2.75, 3.05) is 0 Å². The molecule has 0 radical (unpaired) electrons. The lowest BCUT2D eigenvalue weighted by Gasteiger charge is -2.01. The molecule has 0 bridgehead atoms. The van der Waals surface area contributed by atoms with Gasteiger partial charge in [-0.2, -0.15) is 0 Å². The Hall–Kier alpha value is -0.660. The van der Waals surface area contributed by atoms with Gasteiger partial charge in [-0.15, -0.1) is 0 Å². The molecule has 1 saturated carbocycles. The van der Waals surface area contributed by atoms with Crippen LogP contribution in [0.5, 0.6) is 0 Å². The highest BCUT2D eigenvalue weighted by Crippen LogP contribution is 2.28. The van der Waals surface area contributed by atoms with Crippen molar-refractivity contribution in [2.24, 2.45) is 11.8 Å². The maximum absolute atomic E-state index is 11.2. The first kappa shape index (κ1) is 8.44. The zero-order chi connectivity index (χ0) is 8.43. The molecule has 0 amide bonds. The molecule has 62 valence electrons. The van der Waals surface area contributed by atoms with Gasteiger partial charge in [0, 0.05) is 11.8 Å². The van der Waals surface area contributed by atoms with E-state index >= 15 is 0 Å². The summed E-state index contributed by atoms with van der Waals surface area (Å²) in [6.07, 6.45) is 2.44. The Balaban J connectivity index is 2.68. The Morgan fingerprint density at radius 3 is 1.64 bits per heavy atom. The largest absolute Gasteiger partial charge is 0.291 e. The fourth-order valence-corrected chi connectivity index (χ4v) is 1.66. The molecule has 11 heavy (non-hydrogen) atoms. The molecule has 1 fully saturated rings. The van der Waals surface area contributed by atoms with Crippen molar-refractivity contribution in [1.29, 1.82) is 0 Å². The lowest BCUT2D eigenvalue weighted by molar-refractivity contribution is -0.137. The SMILES string of the molecule is CCC1CC(CC)C(=O)C1=O. The van der Waals surface area contributed by atoms with E-state index in [9.17, 15) is 9.59 Å². The topological polar surface area (TPSA) is 34.1 Å². The van der Waals surface area contributed by atoms with Crippen LogP contribution in [-0.2, 0) is 9.59 Å². The van der Waals surface area contributed by atoms with Crippen LogP contribution in [0.2, 0.25) is 0 Å². The van der Waals surface area contributed by atoms with E-state index in [0.29, 0.717) is 0 Å². The quantitative estimate of drug-likeness (QED) is 0.566. The van der Waals surface area contributed by atoms with Gasteiger partial charge in [-0.05, 0) is 19.3 Å². The van der Waals surface area contributed by atoms with Crippen molar-refractivity contribution in [2.45, 2.75) is 33.1 Å². The monoisotopic (exact) mass is 154 g/mol. The summed E-state index contributed by atoms with van der Waals surface area (Å²) in [4.78, 5) is 22.3. The molecule has 1 rings (SSSR count). The normalized spacial score (nSPS) is 31.5. The van der Waals surface area contributed by atoms with Crippen LogP contribution in [0.3, 0.4) is 0 Å². The maximum Gasteiger partial charge on any atom is 0.201 e. The zero-order valence-electron chi connectivity index (χ0n) is 7.09. The van der Waals surface area contributed by atoms with Gasteiger partial charge in [-0.25, -0.2) is 0 Å². The third-order valence-electron chi connectivity index (χ3n) is 2.54. The van der Waals surface area contributed by atoms with Gasteiger partial charge >= 0.3 is 0 Å². The average Bonchev–Trinajstić information content (AvgIpc) is 2.30. The molecule has 2 atom stereocenters. The molecule has 0 aliphatic heterocycles. The van der Waals surface area contributed by atoms with Gasteiger partial charge in [0.2, 0.25) is 11.6 Å². The molecular formula is C9H14O2. The minimum atomic E-state index is -0.126. The van der Waals surface area contributed by atoms with Crippen LogP contribution in [0.15, 0.2) is 0 Å². The lowest BCUT2D eigenvalue weighted by atomic mass is 10.0. The van der Waals surface area contributed by atoms with Gasteiger partial charge in [0.25, 0.3) is 0 Å². The molecule has 0 aromatic rings. The van der Waals surface area contributed by atoms with Gasteiger partial charge < -0.3 is 0 Å². The summed E-state index contributed by atoms with van der Waals surface area (Å²) in [7, 11) is 0. The van der Waals surface area contributed by atoms with E-state index in [2.05, 4.69) is 0 Å². The molecule has 2 heteroatoms. The van der Waals surface area contributed by atoms with Crippen molar-refractivity contribution in [1.82, 2.24) is 0 Å². The summed E-state index contributed by atoms with van der Waals surface area (Å²) >= 11 is 0. The fraction of sp³-hybridized carbons (Fsp3) is 0.778. The molecular weight excluding hydrogens is 140 g/mol. The molecule has 0 aromatic carbocycles. The predicted molar refractivity (Wildman–Crippen MR) is 42.2 cm³/mol. The Kier molecular flexibility index (Phi) is 2.42. The molecule has 0 aromatic heterocycles. The number of carbonyl (C=O) groups is 2. The Morgan fingerprint density at radius 2 is 1.45 bits per heavy atom. The second-order valence-electron chi connectivity index (χ2n) is 3.17. The molecule has 0 N–H and O–H groups in total. The Morgan fingerprint density at radius 1 is 1.09 bits per heavy atom. The van der Waals surface area contributed by atoms with E-state index in [-0.39, 0.29) is 23.4 Å². The predicted octanol–water partition coefficient (Wildman–Crippen LogP) is 1.58. The van der Waals surface area contributed by atoms with Crippen molar-refractivity contribution < 1.29 is 9.59 Å². The summed E-state index contributed by atoms with van der Waals surface area (Å²) in [6, 6.07) is 0. The highest BCUT2D eigenvalue weighted by Gasteiger charge is 2.38. The first-order valence-corrected chi connectivity index (χ1v) is 4.28.